The summed E-state index contributed by atoms with van der Waals surface area (Å²) < 4.78 is 15.4. The number of rotatable bonds is 3. The second kappa shape index (κ2) is 7.03. The van der Waals surface area contributed by atoms with Crippen molar-refractivity contribution in [2.75, 3.05) is 13.6 Å². The van der Waals surface area contributed by atoms with Gasteiger partial charge in [0.2, 0.25) is 0 Å². The molecule has 0 fully saturated rings. The van der Waals surface area contributed by atoms with Crippen molar-refractivity contribution in [1.82, 2.24) is 14.7 Å². The van der Waals surface area contributed by atoms with Gasteiger partial charge in [0.1, 0.15) is 5.82 Å². The van der Waals surface area contributed by atoms with Crippen LogP contribution in [0.25, 0.3) is 11.3 Å². The van der Waals surface area contributed by atoms with Gasteiger partial charge in [0.25, 0.3) is 0 Å². The van der Waals surface area contributed by atoms with E-state index in [2.05, 4.69) is 11.9 Å². The summed E-state index contributed by atoms with van der Waals surface area (Å²) >= 11 is 12.2. The van der Waals surface area contributed by atoms with Gasteiger partial charge >= 0.3 is 0 Å². The summed E-state index contributed by atoms with van der Waals surface area (Å²) in [4.78, 5) is 2.28. The average molecular weight is 390 g/mol. The van der Waals surface area contributed by atoms with Crippen LogP contribution in [0.3, 0.4) is 0 Å². The van der Waals surface area contributed by atoms with Crippen molar-refractivity contribution < 1.29 is 4.39 Å². The predicted octanol–water partition coefficient (Wildman–Crippen LogP) is 5.03. The van der Waals surface area contributed by atoms with Gasteiger partial charge < -0.3 is 4.90 Å². The normalized spacial score (nSPS) is 14.5. The minimum atomic E-state index is -0.241. The molecule has 2 heterocycles. The van der Waals surface area contributed by atoms with Crippen LogP contribution >= 0.6 is 23.2 Å². The van der Waals surface area contributed by atoms with E-state index in [0.717, 1.165) is 36.3 Å². The Balaban J connectivity index is 1.76. The minimum absolute atomic E-state index is 0.241. The van der Waals surface area contributed by atoms with Gasteiger partial charge in [0.05, 0.1) is 22.3 Å². The fraction of sp³-hybridized carbons (Fsp3) is 0.250. The van der Waals surface area contributed by atoms with Crippen molar-refractivity contribution in [1.29, 1.82) is 0 Å². The Morgan fingerprint density at radius 1 is 1.08 bits per heavy atom. The number of likely N-dealkylation sites (N-methyl/N-ethyl adjacent to an activating group) is 1. The third-order valence-corrected chi connectivity index (χ3v) is 5.50. The Hall–Kier alpha value is -1.88. The van der Waals surface area contributed by atoms with E-state index < -0.39 is 0 Å². The second-order valence-electron chi connectivity index (χ2n) is 6.67. The molecular formula is C20H18Cl2FN3. The molecule has 2 aromatic carbocycles. The molecule has 3 aromatic rings. The van der Waals surface area contributed by atoms with Crippen LogP contribution in [-0.2, 0) is 19.5 Å². The van der Waals surface area contributed by atoms with Crippen LogP contribution in [0.15, 0.2) is 42.5 Å². The van der Waals surface area contributed by atoms with Crippen LogP contribution in [0.4, 0.5) is 4.39 Å². The Morgan fingerprint density at radius 2 is 1.85 bits per heavy atom. The lowest BCUT2D eigenvalue weighted by Gasteiger charge is -2.23. The smallest absolute Gasteiger partial charge is 0.123 e. The molecule has 0 N–H and O–H groups in total. The average Bonchev–Trinajstić information content (AvgIpc) is 2.96. The lowest BCUT2D eigenvalue weighted by atomic mass is 10.0. The van der Waals surface area contributed by atoms with Crippen molar-refractivity contribution in [3.05, 3.63) is 75.1 Å². The maximum Gasteiger partial charge on any atom is 0.123 e. The maximum absolute atomic E-state index is 13.3. The molecular weight excluding hydrogens is 372 g/mol. The van der Waals surface area contributed by atoms with Gasteiger partial charge in [0, 0.05) is 36.3 Å². The lowest BCUT2D eigenvalue weighted by molar-refractivity contribution is 0.308. The molecule has 6 heteroatoms. The molecule has 0 unspecified atom stereocenters. The van der Waals surface area contributed by atoms with E-state index in [9.17, 15) is 4.39 Å². The van der Waals surface area contributed by atoms with Crippen LogP contribution in [0.2, 0.25) is 10.0 Å². The van der Waals surface area contributed by atoms with Crippen LogP contribution in [0, 0.1) is 5.82 Å². The quantitative estimate of drug-likeness (QED) is 0.625. The lowest BCUT2D eigenvalue weighted by Crippen LogP contribution is -2.27. The summed E-state index contributed by atoms with van der Waals surface area (Å²) in [6.45, 7) is 2.45. The van der Waals surface area contributed by atoms with Crippen molar-refractivity contribution in [2.45, 2.75) is 19.5 Å². The van der Waals surface area contributed by atoms with Crippen LogP contribution in [-0.4, -0.2) is 28.3 Å². The molecule has 0 bridgehead atoms. The van der Waals surface area contributed by atoms with Crippen molar-refractivity contribution in [2.24, 2.45) is 0 Å². The highest BCUT2D eigenvalue weighted by Gasteiger charge is 2.24. The molecule has 1 aliphatic rings. The van der Waals surface area contributed by atoms with Gasteiger partial charge in [-0.1, -0.05) is 29.3 Å². The number of nitrogens with zero attached hydrogens (tertiary/aromatic N) is 3. The number of aromatic nitrogens is 2. The fourth-order valence-electron chi connectivity index (χ4n) is 3.41. The molecule has 134 valence electrons. The van der Waals surface area contributed by atoms with E-state index in [-0.39, 0.29) is 5.82 Å². The highest BCUT2D eigenvalue weighted by molar-refractivity contribution is 6.42. The van der Waals surface area contributed by atoms with Gasteiger partial charge in [0.15, 0.2) is 0 Å². The van der Waals surface area contributed by atoms with Crippen LogP contribution in [0.1, 0.15) is 16.8 Å². The standard InChI is InChI=1S/C20H18Cl2FN3/c1-25-9-8-19-16(12-25)20(14-3-5-15(23)6-4-14)24-26(19)11-13-2-7-17(21)18(22)10-13/h2-7,10H,8-9,11-12H2,1H3. The Kier molecular flexibility index (Phi) is 4.74. The van der Waals surface area contributed by atoms with E-state index in [4.69, 9.17) is 28.3 Å². The summed E-state index contributed by atoms with van der Waals surface area (Å²) in [6.07, 6.45) is 0.932. The third kappa shape index (κ3) is 3.37. The van der Waals surface area contributed by atoms with E-state index >= 15 is 0 Å². The van der Waals surface area contributed by atoms with Gasteiger partial charge in [-0.2, -0.15) is 5.10 Å². The van der Waals surface area contributed by atoms with E-state index in [1.54, 1.807) is 12.1 Å². The van der Waals surface area contributed by atoms with Gasteiger partial charge in [-0.3, -0.25) is 4.68 Å². The summed E-state index contributed by atoms with van der Waals surface area (Å²) in [5.74, 6) is -0.241. The molecule has 1 aliphatic heterocycles. The first-order valence-electron chi connectivity index (χ1n) is 8.48. The molecule has 0 aliphatic carbocycles. The molecule has 0 saturated heterocycles. The van der Waals surface area contributed by atoms with Crippen molar-refractivity contribution in [3.63, 3.8) is 0 Å². The monoisotopic (exact) mass is 389 g/mol. The minimum Gasteiger partial charge on any atom is -0.302 e. The fourth-order valence-corrected chi connectivity index (χ4v) is 3.73. The number of hydrogen-bond donors (Lipinski definition) is 0. The second-order valence-corrected chi connectivity index (χ2v) is 7.49. The highest BCUT2D eigenvalue weighted by Crippen LogP contribution is 2.31. The first-order chi connectivity index (χ1) is 12.5. The summed E-state index contributed by atoms with van der Waals surface area (Å²) in [5, 5.41) is 5.96. The number of halogens is 3. The largest absolute Gasteiger partial charge is 0.302 e. The summed E-state index contributed by atoms with van der Waals surface area (Å²) in [7, 11) is 2.10. The zero-order chi connectivity index (χ0) is 18.3. The molecule has 0 saturated carbocycles. The zero-order valence-electron chi connectivity index (χ0n) is 14.3. The van der Waals surface area contributed by atoms with Gasteiger partial charge in [-0.15, -0.1) is 0 Å². The van der Waals surface area contributed by atoms with E-state index in [0.29, 0.717) is 16.6 Å². The predicted molar refractivity (Wildman–Crippen MR) is 103 cm³/mol. The van der Waals surface area contributed by atoms with Gasteiger partial charge in [-0.25, -0.2) is 4.39 Å². The SMILES string of the molecule is CN1CCc2c(c(-c3ccc(F)cc3)nn2Cc2ccc(Cl)c(Cl)c2)C1. The molecule has 3 nitrogen and oxygen atoms in total. The number of fused-ring (bicyclic) bond motifs is 1. The first kappa shape index (κ1) is 17.5. The number of benzene rings is 2. The maximum atomic E-state index is 13.3. The Bertz CT molecular complexity index is 950. The summed E-state index contributed by atoms with van der Waals surface area (Å²) in [6, 6.07) is 12.2. The molecule has 0 spiro atoms. The van der Waals surface area contributed by atoms with E-state index in [1.165, 1.54) is 23.4 Å². The molecule has 0 atom stereocenters. The molecule has 0 amide bonds. The zero-order valence-corrected chi connectivity index (χ0v) is 15.9. The Labute approximate surface area is 162 Å². The summed E-state index contributed by atoms with van der Waals surface area (Å²) in [5.41, 5.74) is 5.35. The van der Waals surface area contributed by atoms with Gasteiger partial charge in [-0.05, 0) is 49.0 Å². The first-order valence-corrected chi connectivity index (χ1v) is 9.24. The number of hydrogen-bond acceptors (Lipinski definition) is 2. The van der Waals surface area contributed by atoms with Crippen molar-refractivity contribution >= 4 is 23.2 Å². The topological polar surface area (TPSA) is 21.1 Å². The van der Waals surface area contributed by atoms with E-state index in [1.807, 2.05) is 22.9 Å². The Morgan fingerprint density at radius 3 is 2.58 bits per heavy atom. The molecule has 0 radical (unpaired) electrons. The molecule has 1 aromatic heterocycles. The highest BCUT2D eigenvalue weighted by atomic mass is 35.5. The van der Waals surface area contributed by atoms with Crippen molar-refractivity contribution in [3.8, 4) is 11.3 Å². The van der Waals surface area contributed by atoms with Crippen LogP contribution in [0.5, 0.6) is 0 Å². The van der Waals surface area contributed by atoms with Crippen LogP contribution < -0.4 is 0 Å². The molecule has 4 rings (SSSR count). The molecule has 26 heavy (non-hydrogen) atoms. The third-order valence-electron chi connectivity index (χ3n) is 4.76.